The van der Waals surface area contributed by atoms with E-state index in [0.29, 0.717) is 0 Å². The van der Waals surface area contributed by atoms with Gasteiger partial charge in [0.2, 0.25) is 0 Å². The van der Waals surface area contributed by atoms with Crippen LogP contribution in [0.4, 0.5) is 0 Å². The first-order chi connectivity index (χ1) is 6.77. The Bertz CT molecular complexity index is 326. The topological polar surface area (TPSA) is 17.1 Å². The minimum absolute atomic E-state index is 0.00310. The number of hydrogen-bond donors (Lipinski definition) is 0. The zero-order valence-electron chi connectivity index (χ0n) is 8.62. The lowest BCUT2D eigenvalue weighted by Gasteiger charge is -2.01. The van der Waals surface area contributed by atoms with Gasteiger partial charge >= 0.3 is 0 Å². The van der Waals surface area contributed by atoms with Gasteiger partial charge < -0.3 is 0 Å². The first-order valence-corrected chi connectivity index (χ1v) is 5.03. The van der Waals surface area contributed by atoms with E-state index in [9.17, 15) is 4.79 Å². The fourth-order valence-corrected chi connectivity index (χ4v) is 1.38. The minimum atomic E-state index is 0.00310. The predicted molar refractivity (Wildman–Crippen MR) is 59.6 cm³/mol. The summed E-state index contributed by atoms with van der Waals surface area (Å²) < 4.78 is 0. The predicted octanol–water partition coefficient (Wildman–Crippen LogP) is 3.40. The van der Waals surface area contributed by atoms with Crippen LogP contribution in [0.25, 0.3) is 0 Å². The Kier molecular flexibility index (Phi) is 4.11. The molecular weight excluding hydrogens is 172 g/mol. The standard InChI is InChI=1S/C13H16O/c1-3-5-7-11-8-6-9-12(10-11)13(14)4-2/h4,6,8-10H,2-3,5,7H2,1H3. The van der Waals surface area contributed by atoms with Gasteiger partial charge in [0.15, 0.2) is 5.78 Å². The van der Waals surface area contributed by atoms with Gasteiger partial charge in [0.25, 0.3) is 0 Å². The van der Waals surface area contributed by atoms with E-state index in [2.05, 4.69) is 19.6 Å². The molecule has 1 aromatic rings. The van der Waals surface area contributed by atoms with Gasteiger partial charge in [0.05, 0.1) is 0 Å². The molecule has 0 aliphatic heterocycles. The van der Waals surface area contributed by atoms with E-state index >= 15 is 0 Å². The third-order valence-electron chi connectivity index (χ3n) is 2.22. The lowest BCUT2D eigenvalue weighted by molar-refractivity contribution is 0.104. The maximum atomic E-state index is 11.3. The first kappa shape index (κ1) is 10.7. The summed E-state index contributed by atoms with van der Waals surface area (Å²) in [5, 5.41) is 0. The third kappa shape index (κ3) is 2.84. The van der Waals surface area contributed by atoms with Crippen LogP contribution in [0.3, 0.4) is 0 Å². The molecule has 0 saturated heterocycles. The number of aryl methyl sites for hydroxylation is 1. The molecule has 0 unspecified atom stereocenters. The summed E-state index contributed by atoms with van der Waals surface area (Å²) in [5.41, 5.74) is 1.98. The van der Waals surface area contributed by atoms with E-state index in [1.54, 1.807) is 0 Å². The molecule has 1 nitrogen and oxygen atoms in total. The van der Waals surface area contributed by atoms with Crippen molar-refractivity contribution in [3.8, 4) is 0 Å². The van der Waals surface area contributed by atoms with Crippen LogP contribution in [-0.2, 0) is 6.42 Å². The second-order valence-corrected chi connectivity index (χ2v) is 3.37. The Hall–Kier alpha value is -1.37. The quantitative estimate of drug-likeness (QED) is 0.511. The summed E-state index contributed by atoms with van der Waals surface area (Å²) in [4.78, 5) is 11.3. The van der Waals surface area contributed by atoms with Crippen LogP contribution >= 0.6 is 0 Å². The number of ketones is 1. The van der Waals surface area contributed by atoms with Crippen LogP contribution in [-0.4, -0.2) is 5.78 Å². The molecule has 1 rings (SSSR count). The molecule has 0 N–H and O–H groups in total. The average Bonchev–Trinajstić information content (AvgIpc) is 2.25. The number of unbranched alkanes of at least 4 members (excludes halogenated alkanes) is 1. The van der Waals surface area contributed by atoms with Crippen molar-refractivity contribution in [1.29, 1.82) is 0 Å². The molecule has 0 radical (unpaired) electrons. The van der Waals surface area contributed by atoms with Crippen molar-refractivity contribution in [2.75, 3.05) is 0 Å². The Morgan fingerprint density at radius 1 is 1.50 bits per heavy atom. The highest BCUT2D eigenvalue weighted by Gasteiger charge is 2.01. The second kappa shape index (κ2) is 5.38. The summed E-state index contributed by atoms with van der Waals surface area (Å²) in [6.45, 7) is 5.64. The fourth-order valence-electron chi connectivity index (χ4n) is 1.38. The van der Waals surface area contributed by atoms with Crippen molar-refractivity contribution in [2.24, 2.45) is 0 Å². The molecule has 0 fully saturated rings. The summed E-state index contributed by atoms with van der Waals surface area (Å²) in [6.07, 6.45) is 4.76. The maximum absolute atomic E-state index is 11.3. The molecule has 0 aliphatic rings. The van der Waals surface area contributed by atoms with Gasteiger partial charge in [0, 0.05) is 5.56 Å². The van der Waals surface area contributed by atoms with Gasteiger partial charge in [-0.05, 0) is 30.5 Å². The number of benzene rings is 1. The van der Waals surface area contributed by atoms with Crippen LogP contribution in [0, 0.1) is 0 Å². The molecule has 1 aromatic carbocycles. The Morgan fingerprint density at radius 2 is 2.29 bits per heavy atom. The van der Waals surface area contributed by atoms with Gasteiger partial charge in [-0.3, -0.25) is 4.79 Å². The SMILES string of the molecule is C=CC(=O)c1cccc(CCCC)c1. The highest BCUT2D eigenvalue weighted by atomic mass is 16.1. The van der Waals surface area contributed by atoms with Crippen LogP contribution in [0.5, 0.6) is 0 Å². The molecule has 0 atom stereocenters. The van der Waals surface area contributed by atoms with E-state index in [1.807, 2.05) is 18.2 Å². The summed E-state index contributed by atoms with van der Waals surface area (Å²) in [5.74, 6) is 0.00310. The molecule has 1 heteroatoms. The summed E-state index contributed by atoms with van der Waals surface area (Å²) in [7, 11) is 0. The van der Waals surface area contributed by atoms with Crippen LogP contribution < -0.4 is 0 Å². The molecule has 0 aliphatic carbocycles. The van der Waals surface area contributed by atoms with Gasteiger partial charge in [-0.1, -0.05) is 38.1 Å². The zero-order valence-corrected chi connectivity index (χ0v) is 8.62. The molecule has 0 heterocycles. The third-order valence-corrected chi connectivity index (χ3v) is 2.22. The molecule has 0 saturated carbocycles. The van der Waals surface area contributed by atoms with Crippen LogP contribution in [0.15, 0.2) is 36.9 Å². The lowest BCUT2D eigenvalue weighted by atomic mass is 10.0. The first-order valence-electron chi connectivity index (χ1n) is 5.03. The number of hydrogen-bond acceptors (Lipinski definition) is 1. The largest absolute Gasteiger partial charge is 0.289 e. The maximum Gasteiger partial charge on any atom is 0.185 e. The van der Waals surface area contributed by atoms with Crippen molar-refractivity contribution < 1.29 is 4.79 Å². The number of allylic oxidation sites excluding steroid dienone is 1. The second-order valence-electron chi connectivity index (χ2n) is 3.37. The average molecular weight is 188 g/mol. The van der Waals surface area contributed by atoms with Gasteiger partial charge in [-0.2, -0.15) is 0 Å². The highest BCUT2D eigenvalue weighted by Crippen LogP contribution is 2.09. The van der Waals surface area contributed by atoms with E-state index in [1.165, 1.54) is 24.5 Å². The van der Waals surface area contributed by atoms with Gasteiger partial charge in [0.1, 0.15) is 0 Å². The number of rotatable bonds is 5. The summed E-state index contributed by atoms with van der Waals surface area (Å²) in [6, 6.07) is 7.79. The normalized spacial score (nSPS) is 9.79. The Morgan fingerprint density at radius 3 is 2.93 bits per heavy atom. The van der Waals surface area contributed by atoms with Crippen molar-refractivity contribution in [2.45, 2.75) is 26.2 Å². The van der Waals surface area contributed by atoms with E-state index in [4.69, 9.17) is 0 Å². The molecule has 0 bridgehead atoms. The van der Waals surface area contributed by atoms with E-state index < -0.39 is 0 Å². The van der Waals surface area contributed by atoms with E-state index in [0.717, 1.165) is 12.0 Å². The van der Waals surface area contributed by atoms with Crippen molar-refractivity contribution >= 4 is 5.78 Å². The fraction of sp³-hybridized carbons (Fsp3) is 0.308. The molecule has 74 valence electrons. The smallest absolute Gasteiger partial charge is 0.185 e. The zero-order chi connectivity index (χ0) is 10.4. The number of carbonyl (C=O) groups is 1. The monoisotopic (exact) mass is 188 g/mol. The number of carbonyl (C=O) groups excluding carboxylic acids is 1. The van der Waals surface area contributed by atoms with Crippen LogP contribution in [0.1, 0.15) is 35.7 Å². The van der Waals surface area contributed by atoms with Gasteiger partial charge in [-0.15, -0.1) is 0 Å². The molecule has 0 aromatic heterocycles. The van der Waals surface area contributed by atoms with Crippen molar-refractivity contribution in [3.63, 3.8) is 0 Å². The molecule has 14 heavy (non-hydrogen) atoms. The highest BCUT2D eigenvalue weighted by molar-refractivity contribution is 6.04. The minimum Gasteiger partial charge on any atom is -0.289 e. The van der Waals surface area contributed by atoms with Crippen molar-refractivity contribution in [3.05, 3.63) is 48.0 Å². The van der Waals surface area contributed by atoms with E-state index in [-0.39, 0.29) is 5.78 Å². The molecular formula is C13H16O. The van der Waals surface area contributed by atoms with Crippen LogP contribution in [0.2, 0.25) is 0 Å². The molecule has 0 spiro atoms. The summed E-state index contributed by atoms with van der Waals surface area (Å²) >= 11 is 0. The lowest BCUT2D eigenvalue weighted by Crippen LogP contribution is -1.95. The van der Waals surface area contributed by atoms with Crippen molar-refractivity contribution in [1.82, 2.24) is 0 Å². The molecule has 0 amide bonds. The Labute approximate surface area is 85.5 Å². The Balaban J connectivity index is 2.78. The van der Waals surface area contributed by atoms with Gasteiger partial charge in [-0.25, -0.2) is 0 Å².